The first-order valence-electron chi connectivity index (χ1n) is 10.9. The molecule has 1 atom stereocenters. The molecule has 8 nitrogen and oxygen atoms in total. The van der Waals surface area contributed by atoms with Gasteiger partial charge in [-0.05, 0) is 50.6 Å². The van der Waals surface area contributed by atoms with Crippen LogP contribution in [0.2, 0.25) is 0 Å². The largest absolute Gasteiger partial charge is 0.346 e. The minimum Gasteiger partial charge on any atom is -0.346 e. The van der Waals surface area contributed by atoms with Crippen LogP contribution in [0, 0.1) is 11.8 Å². The van der Waals surface area contributed by atoms with E-state index in [0.29, 0.717) is 28.4 Å². The van der Waals surface area contributed by atoms with E-state index in [0.717, 1.165) is 50.7 Å². The van der Waals surface area contributed by atoms with Crippen LogP contribution in [0.3, 0.4) is 0 Å². The number of hydrogen-bond donors (Lipinski definition) is 2. The molecule has 30 heavy (non-hydrogen) atoms. The summed E-state index contributed by atoms with van der Waals surface area (Å²) in [6.07, 6.45) is 10.8. The van der Waals surface area contributed by atoms with Gasteiger partial charge in [0, 0.05) is 56.1 Å². The number of pyridine rings is 1. The van der Waals surface area contributed by atoms with E-state index in [-0.39, 0.29) is 17.3 Å². The number of aliphatic imine (C=N–C) groups is 1. The van der Waals surface area contributed by atoms with Crippen molar-refractivity contribution in [2.75, 3.05) is 26.7 Å². The Hall–Kier alpha value is -2.74. The van der Waals surface area contributed by atoms with E-state index in [1.54, 1.807) is 12.4 Å². The number of aromatic amines is 2. The van der Waals surface area contributed by atoms with E-state index < -0.39 is 0 Å². The number of H-pyrrole nitrogens is 2. The fourth-order valence-electron chi connectivity index (χ4n) is 5.41. The SMILES string of the molecule is CN=C[C@@H]1CCN(CC2CCC(n3c(=O)[nH]c(=O)c4cnc5[nH]ccc5c43)CC2)C1. The molecule has 2 fully saturated rings. The van der Waals surface area contributed by atoms with E-state index in [1.807, 2.05) is 17.7 Å². The van der Waals surface area contributed by atoms with E-state index in [2.05, 4.69) is 31.1 Å². The predicted octanol–water partition coefficient (Wildman–Crippen LogP) is 2.32. The number of fused-ring (bicyclic) bond motifs is 3. The molecule has 0 aromatic carbocycles. The topological polar surface area (TPSA) is 99.1 Å². The van der Waals surface area contributed by atoms with Crippen molar-refractivity contribution in [3.63, 3.8) is 0 Å². The predicted molar refractivity (Wildman–Crippen MR) is 118 cm³/mol. The highest BCUT2D eigenvalue weighted by atomic mass is 16.2. The van der Waals surface area contributed by atoms with Crippen LogP contribution in [0.5, 0.6) is 0 Å². The van der Waals surface area contributed by atoms with Crippen molar-refractivity contribution in [1.82, 2.24) is 24.4 Å². The Morgan fingerprint density at radius 2 is 2.03 bits per heavy atom. The molecule has 2 N–H and O–H groups in total. The summed E-state index contributed by atoms with van der Waals surface area (Å²) in [5.74, 6) is 1.26. The molecule has 0 radical (unpaired) electrons. The molecule has 1 aliphatic heterocycles. The molecule has 0 spiro atoms. The number of aromatic nitrogens is 4. The van der Waals surface area contributed by atoms with Crippen molar-refractivity contribution in [2.45, 2.75) is 38.1 Å². The Morgan fingerprint density at radius 1 is 1.20 bits per heavy atom. The molecule has 2 aliphatic rings. The Morgan fingerprint density at radius 3 is 2.83 bits per heavy atom. The van der Waals surface area contributed by atoms with Gasteiger partial charge in [-0.25, -0.2) is 9.78 Å². The average Bonchev–Trinajstić information content (AvgIpc) is 3.39. The normalized spacial score (nSPS) is 25.7. The summed E-state index contributed by atoms with van der Waals surface area (Å²) in [6.45, 7) is 3.40. The summed E-state index contributed by atoms with van der Waals surface area (Å²) in [7, 11) is 1.85. The molecule has 4 heterocycles. The third-order valence-electron chi connectivity index (χ3n) is 6.85. The fraction of sp³-hybridized carbons (Fsp3) is 0.545. The van der Waals surface area contributed by atoms with Crippen molar-refractivity contribution in [3.05, 3.63) is 39.3 Å². The highest BCUT2D eigenvalue weighted by Crippen LogP contribution is 2.34. The lowest BCUT2D eigenvalue weighted by Crippen LogP contribution is -2.36. The lowest BCUT2D eigenvalue weighted by molar-refractivity contribution is 0.203. The van der Waals surface area contributed by atoms with Crippen molar-refractivity contribution in [2.24, 2.45) is 16.8 Å². The van der Waals surface area contributed by atoms with Gasteiger partial charge in [-0.3, -0.25) is 14.3 Å². The van der Waals surface area contributed by atoms with Gasteiger partial charge < -0.3 is 14.9 Å². The maximum absolute atomic E-state index is 12.8. The third kappa shape index (κ3) is 3.39. The highest BCUT2D eigenvalue weighted by Gasteiger charge is 2.29. The van der Waals surface area contributed by atoms with Crippen molar-refractivity contribution < 1.29 is 0 Å². The van der Waals surface area contributed by atoms with E-state index in [4.69, 9.17) is 0 Å². The number of likely N-dealkylation sites (tertiary alicyclic amines) is 1. The molecular formula is C22H28N6O2. The molecule has 3 aromatic heterocycles. The molecular weight excluding hydrogens is 380 g/mol. The molecule has 3 aromatic rings. The lowest BCUT2D eigenvalue weighted by Gasteiger charge is -2.32. The Kier molecular flexibility index (Phi) is 5.02. The van der Waals surface area contributed by atoms with Gasteiger partial charge in [-0.15, -0.1) is 0 Å². The molecule has 5 rings (SSSR count). The van der Waals surface area contributed by atoms with Gasteiger partial charge in [-0.1, -0.05) is 0 Å². The molecule has 1 saturated heterocycles. The minimum atomic E-state index is -0.366. The molecule has 0 amide bonds. The van der Waals surface area contributed by atoms with Gasteiger partial charge >= 0.3 is 5.69 Å². The van der Waals surface area contributed by atoms with Crippen LogP contribution in [0.25, 0.3) is 21.9 Å². The Labute approximate surface area is 174 Å². The van der Waals surface area contributed by atoms with Crippen LogP contribution < -0.4 is 11.2 Å². The van der Waals surface area contributed by atoms with Crippen LogP contribution in [-0.4, -0.2) is 57.3 Å². The molecule has 1 saturated carbocycles. The van der Waals surface area contributed by atoms with E-state index in [9.17, 15) is 9.59 Å². The third-order valence-corrected chi connectivity index (χ3v) is 6.85. The van der Waals surface area contributed by atoms with Gasteiger partial charge in [0.1, 0.15) is 5.65 Å². The molecule has 1 aliphatic carbocycles. The van der Waals surface area contributed by atoms with Crippen LogP contribution >= 0.6 is 0 Å². The van der Waals surface area contributed by atoms with Crippen LogP contribution in [0.1, 0.15) is 38.1 Å². The Balaban J connectivity index is 1.37. The van der Waals surface area contributed by atoms with Gasteiger partial charge in [-0.2, -0.15) is 0 Å². The summed E-state index contributed by atoms with van der Waals surface area (Å²) in [5, 5.41) is 1.31. The number of nitrogens with zero attached hydrogens (tertiary/aromatic N) is 4. The quantitative estimate of drug-likeness (QED) is 0.647. The summed E-state index contributed by atoms with van der Waals surface area (Å²) in [4.78, 5) is 41.9. The average molecular weight is 409 g/mol. The van der Waals surface area contributed by atoms with E-state index >= 15 is 0 Å². The zero-order chi connectivity index (χ0) is 20.7. The Bertz CT molecular complexity index is 1200. The number of nitrogens with one attached hydrogen (secondary N) is 2. The lowest BCUT2D eigenvalue weighted by atomic mass is 9.85. The maximum Gasteiger partial charge on any atom is 0.329 e. The van der Waals surface area contributed by atoms with Gasteiger partial charge in [0.2, 0.25) is 0 Å². The molecule has 0 unspecified atom stereocenters. The smallest absolute Gasteiger partial charge is 0.329 e. The second-order valence-electron chi connectivity index (χ2n) is 8.78. The highest BCUT2D eigenvalue weighted by molar-refractivity contribution is 6.01. The van der Waals surface area contributed by atoms with Gasteiger partial charge in [0.15, 0.2) is 0 Å². The second kappa shape index (κ2) is 7.83. The van der Waals surface area contributed by atoms with Crippen LogP contribution in [0.4, 0.5) is 0 Å². The standard InChI is InChI=1S/C22H28N6O2/c1-23-10-15-7-9-27(13-15)12-14-2-4-16(5-3-14)28-19-17-6-8-24-20(17)25-11-18(19)21(29)26-22(28)30/h6,8,10-11,14-16H,2-5,7,9,12-13H2,1H3,(H,24,25)(H,26,29,30)/t14?,15-,16?/m0/s1. The van der Waals surface area contributed by atoms with Gasteiger partial charge in [0.25, 0.3) is 5.56 Å². The van der Waals surface area contributed by atoms with Crippen molar-refractivity contribution in [1.29, 1.82) is 0 Å². The minimum absolute atomic E-state index is 0.104. The van der Waals surface area contributed by atoms with Crippen LogP contribution in [0.15, 0.2) is 33.0 Å². The monoisotopic (exact) mass is 408 g/mol. The van der Waals surface area contributed by atoms with Crippen LogP contribution in [-0.2, 0) is 0 Å². The van der Waals surface area contributed by atoms with E-state index in [1.165, 1.54) is 6.42 Å². The van der Waals surface area contributed by atoms with Crippen molar-refractivity contribution >= 4 is 28.2 Å². The summed E-state index contributed by atoms with van der Waals surface area (Å²) in [5.41, 5.74) is 0.731. The fourth-order valence-corrected chi connectivity index (χ4v) is 5.41. The first-order valence-corrected chi connectivity index (χ1v) is 10.9. The molecule has 158 valence electrons. The maximum atomic E-state index is 12.8. The second-order valence-corrected chi connectivity index (χ2v) is 8.78. The first kappa shape index (κ1) is 19.2. The molecule has 0 bridgehead atoms. The zero-order valence-corrected chi connectivity index (χ0v) is 17.3. The summed E-state index contributed by atoms with van der Waals surface area (Å²) < 4.78 is 1.81. The number of hydrogen-bond acceptors (Lipinski definition) is 5. The van der Waals surface area contributed by atoms with Crippen molar-refractivity contribution in [3.8, 4) is 0 Å². The van der Waals surface area contributed by atoms with Gasteiger partial charge in [0.05, 0.1) is 10.9 Å². The molecule has 8 heteroatoms. The first-order chi connectivity index (χ1) is 14.6. The number of rotatable bonds is 4. The zero-order valence-electron chi connectivity index (χ0n) is 17.3. The summed E-state index contributed by atoms with van der Waals surface area (Å²) >= 11 is 0. The summed E-state index contributed by atoms with van der Waals surface area (Å²) in [6, 6.07) is 2.00.